The van der Waals surface area contributed by atoms with Crippen LogP contribution in [-0.2, 0) is 32.1 Å². The number of allylic oxidation sites excluding steroid dienone is 2. The lowest BCUT2D eigenvalue weighted by molar-refractivity contribution is -0.145. The number of aliphatic hydroxyl groups excluding tert-OH is 1. The largest absolute Gasteiger partial charge is 0.463 e. The number of cyclic esters (lactones) is 1. The molecule has 8 heteroatoms. The Kier molecular flexibility index (Phi) is 10.9. The molecule has 212 valence electrons. The number of fused-ring (bicyclic) bond motifs is 1. The first-order valence-electron chi connectivity index (χ1n) is 14.1. The number of esters is 1. The number of hydrogen-bond acceptors (Lipinski definition) is 5. The van der Waals surface area contributed by atoms with Crippen LogP contribution in [-0.4, -0.2) is 58.6 Å². The summed E-state index contributed by atoms with van der Waals surface area (Å²) in [4.78, 5) is 44.2. The summed E-state index contributed by atoms with van der Waals surface area (Å²) in [7, 11) is 0. The molecular formula is C32H39N3O5. The Balaban J connectivity index is 1.51. The van der Waals surface area contributed by atoms with Gasteiger partial charge in [-0.05, 0) is 49.3 Å². The number of aliphatic hydroxyl groups is 1. The van der Waals surface area contributed by atoms with E-state index in [0.717, 1.165) is 41.3 Å². The third-order valence-corrected chi connectivity index (χ3v) is 7.25. The van der Waals surface area contributed by atoms with Gasteiger partial charge in [-0.15, -0.1) is 0 Å². The lowest BCUT2D eigenvalue weighted by Crippen LogP contribution is -2.44. The number of carbonyl (C=O) groups excluding carboxylic acids is 3. The number of benzene rings is 2. The summed E-state index contributed by atoms with van der Waals surface area (Å²) in [6.45, 7) is 0.458. The first kappa shape index (κ1) is 29.1. The van der Waals surface area contributed by atoms with E-state index in [0.29, 0.717) is 25.8 Å². The van der Waals surface area contributed by atoms with E-state index in [9.17, 15) is 19.5 Å². The van der Waals surface area contributed by atoms with Crippen LogP contribution in [0.5, 0.6) is 0 Å². The predicted molar refractivity (Wildman–Crippen MR) is 154 cm³/mol. The van der Waals surface area contributed by atoms with Crippen molar-refractivity contribution < 1.29 is 24.2 Å². The molecule has 0 spiro atoms. The molecule has 0 saturated heterocycles. The second-order valence-electron chi connectivity index (χ2n) is 10.3. The number of nitrogens with one attached hydrogen (secondary N) is 2. The Morgan fingerprint density at radius 3 is 2.65 bits per heavy atom. The summed E-state index contributed by atoms with van der Waals surface area (Å²) < 4.78 is 5.58. The van der Waals surface area contributed by atoms with Gasteiger partial charge in [0, 0.05) is 43.0 Å². The fraction of sp³-hybridized carbons (Fsp3) is 0.406. The van der Waals surface area contributed by atoms with Crippen molar-refractivity contribution in [2.45, 2.75) is 57.5 Å². The fourth-order valence-electron chi connectivity index (χ4n) is 5.05. The molecule has 0 fully saturated rings. The smallest absolute Gasteiger partial charge is 0.305 e. The van der Waals surface area contributed by atoms with E-state index in [2.05, 4.69) is 10.3 Å². The summed E-state index contributed by atoms with van der Waals surface area (Å²) in [5, 5.41) is 13.7. The van der Waals surface area contributed by atoms with Crippen molar-refractivity contribution in [2.24, 2.45) is 5.92 Å². The van der Waals surface area contributed by atoms with Crippen molar-refractivity contribution >= 4 is 28.7 Å². The van der Waals surface area contributed by atoms with Crippen molar-refractivity contribution in [3.05, 3.63) is 84.1 Å². The highest BCUT2D eigenvalue weighted by atomic mass is 16.5. The number of para-hydroxylation sites is 1. The van der Waals surface area contributed by atoms with Crippen molar-refractivity contribution in [1.82, 2.24) is 15.2 Å². The summed E-state index contributed by atoms with van der Waals surface area (Å²) in [5.74, 6) is -1.30. The number of aromatic amines is 1. The Morgan fingerprint density at radius 2 is 1.82 bits per heavy atom. The minimum atomic E-state index is -0.593. The molecule has 3 N–H and O–H groups in total. The molecule has 8 nitrogen and oxygen atoms in total. The number of aromatic nitrogens is 1. The van der Waals surface area contributed by atoms with Crippen LogP contribution in [0.15, 0.2) is 72.9 Å². The summed E-state index contributed by atoms with van der Waals surface area (Å²) in [6, 6.07) is 17.1. The van der Waals surface area contributed by atoms with Gasteiger partial charge in [0.25, 0.3) is 0 Å². The van der Waals surface area contributed by atoms with Crippen molar-refractivity contribution in [3.8, 4) is 0 Å². The average molecular weight is 546 g/mol. The van der Waals surface area contributed by atoms with Crippen LogP contribution in [0.4, 0.5) is 0 Å². The topological polar surface area (TPSA) is 112 Å². The average Bonchev–Trinajstić information content (AvgIpc) is 3.37. The predicted octanol–water partition coefficient (Wildman–Crippen LogP) is 4.29. The maximum atomic E-state index is 13.6. The molecule has 0 unspecified atom stereocenters. The van der Waals surface area contributed by atoms with Gasteiger partial charge in [-0.3, -0.25) is 14.4 Å². The number of amides is 2. The zero-order chi connectivity index (χ0) is 28.2. The maximum absolute atomic E-state index is 13.6. The van der Waals surface area contributed by atoms with E-state index < -0.39 is 12.0 Å². The molecule has 0 aliphatic carbocycles. The number of H-pyrrole nitrogens is 1. The zero-order valence-corrected chi connectivity index (χ0v) is 22.9. The minimum absolute atomic E-state index is 0.0165. The molecule has 3 aromatic rings. The molecule has 1 aromatic heterocycles. The van der Waals surface area contributed by atoms with Crippen LogP contribution in [0.1, 0.15) is 49.7 Å². The quantitative estimate of drug-likeness (QED) is 0.289. The monoisotopic (exact) mass is 545 g/mol. The fourth-order valence-corrected chi connectivity index (χ4v) is 5.05. The van der Waals surface area contributed by atoms with Crippen LogP contribution in [0.25, 0.3) is 10.9 Å². The van der Waals surface area contributed by atoms with Gasteiger partial charge in [0.05, 0.1) is 18.6 Å². The van der Waals surface area contributed by atoms with Crippen LogP contribution in [0, 0.1) is 5.92 Å². The third-order valence-electron chi connectivity index (χ3n) is 7.25. The van der Waals surface area contributed by atoms with Crippen molar-refractivity contribution in [3.63, 3.8) is 0 Å². The lowest BCUT2D eigenvalue weighted by Gasteiger charge is -2.26. The summed E-state index contributed by atoms with van der Waals surface area (Å²) in [5.41, 5.74) is 2.97. The standard InChI is InChI=1S/C32H39N3O5/c36-18-17-35(22-24-11-5-4-6-12-24)30(37)20-25-13-7-2-1-3-8-16-31(38)40-23-27(34-32(25)39)19-26-21-33-29-15-10-9-14-28(26)29/h2,4-7,9-12,14-15,21,25,27,33,36H,1,3,8,13,16-20,22-23H2,(H,34,39)/t25-,27+/m1/s1. The van der Waals surface area contributed by atoms with E-state index in [4.69, 9.17) is 4.74 Å². The van der Waals surface area contributed by atoms with E-state index in [1.54, 1.807) is 4.90 Å². The Morgan fingerprint density at radius 1 is 1.02 bits per heavy atom. The van der Waals surface area contributed by atoms with Crippen LogP contribution in [0.3, 0.4) is 0 Å². The highest BCUT2D eigenvalue weighted by Gasteiger charge is 2.27. The maximum Gasteiger partial charge on any atom is 0.305 e. The van der Waals surface area contributed by atoms with Crippen LogP contribution < -0.4 is 5.32 Å². The highest BCUT2D eigenvalue weighted by molar-refractivity contribution is 5.86. The number of nitrogens with zero attached hydrogens (tertiary/aromatic N) is 1. The number of hydrogen-bond donors (Lipinski definition) is 3. The molecule has 40 heavy (non-hydrogen) atoms. The second kappa shape index (κ2) is 15.0. The van der Waals surface area contributed by atoms with Crippen LogP contribution in [0.2, 0.25) is 0 Å². The number of ether oxygens (including phenoxy) is 1. The number of carbonyl (C=O) groups is 3. The van der Waals surface area contributed by atoms with Gasteiger partial charge in [-0.2, -0.15) is 0 Å². The van der Waals surface area contributed by atoms with E-state index in [-0.39, 0.29) is 44.0 Å². The second-order valence-corrected chi connectivity index (χ2v) is 10.3. The van der Waals surface area contributed by atoms with Gasteiger partial charge >= 0.3 is 5.97 Å². The highest BCUT2D eigenvalue weighted by Crippen LogP contribution is 2.21. The molecule has 0 radical (unpaired) electrons. The van der Waals surface area contributed by atoms with E-state index >= 15 is 0 Å². The summed E-state index contributed by atoms with van der Waals surface area (Å²) >= 11 is 0. The molecule has 2 aromatic carbocycles. The first-order chi connectivity index (χ1) is 19.5. The molecule has 2 atom stereocenters. The molecule has 1 aliphatic heterocycles. The van der Waals surface area contributed by atoms with E-state index in [1.807, 2.05) is 72.9 Å². The molecule has 2 heterocycles. The van der Waals surface area contributed by atoms with Crippen molar-refractivity contribution in [1.29, 1.82) is 0 Å². The molecular weight excluding hydrogens is 506 g/mol. The van der Waals surface area contributed by atoms with Gasteiger partial charge in [0.2, 0.25) is 11.8 Å². The van der Waals surface area contributed by atoms with Crippen molar-refractivity contribution in [2.75, 3.05) is 19.8 Å². The van der Waals surface area contributed by atoms with Gasteiger partial charge in [-0.1, -0.05) is 60.7 Å². The molecule has 0 bridgehead atoms. The first-order valence-corrected chi connectivity index (χ1v) is 14.1. The van der Waals surface area contributed by atoms with Crippen LogP contribution >= 0.6 is 0 Å². The van der Waals surface area contributed by atoms with Gasteiger partial charge in [0.15, 0.2) is 0 Å². The Labute approximate surface area is 235 Å². The molecule has 1 aliphatic rings. The molecule has 4 rings (SSSR count). The minimum Gasteiger partial charge on any atom is -0.463 e. The van der Waals surface area contributed by atoms with Gasteiger partial charge in [0.1, 0.15) is 6.61 Å². The molecule has 2 amide bonds. The SMILES string of the molecule is O=C1CCCCC=CC[C@H](CC(=O)N(CCO)Cc2ccccc2)C(=O)N[C@@H](Cc2c[nH]c3ccccc23)CO1. The number of rotatable bonds is 8. The third kappa shape index (κ3) is 8.55. The molecule has 0 saturated carbocycles. The van der Waals surface area contributed by atoms with E-state index in [1.165, 1.54) is 0 Å². The Hall–Kier alpha value is -3.91. The summed E-state index contributed by atoms with van der Waals surface area (Å²) in [6.07, 6.45) is 9.54. The zero-order valence-electron chi connectivity index (χ0n) is 22.9. The van der Waals surface area contributed by atoms with Gasteiger partial charge < -0.3 is 25.0 Å². The Bertz CT molecular complexity index is 1290. The van der Waals surface area contributed by atoms with Gasteiger partial charge in [-0.25, -0.2) is 0 Å². The normalized spacial score (nSPS) is 19.0. The lowest BCUT2D eigenvalue weighted by atomic mass is 9.97.